The largest absolute Gasteiger partial charge is 0.507 e. The fourth-order valence-corrected chi connectivity index (χ4v) is 4.73. The van der Waals surface area contributed by atoms with Gasteiger partial charge in [0.05, 0.1) is 18.7 Å². The summed E-state index contributed by atoms with van der Waals surface area (Å²) in [6, 6.07) is 15.5. The van der Waals surface area contributed by atoms with Gasteiger partial charge in [-0.25, -0.2) is 0 Å². The Labute approximate surface area is 192 Å². The van der Waals surface area contributed by atoms with E-state index in [1.54, 1.807) is 55.9 Å². The Morgan fingerprint density at radius 1 is 1.03 bits per heavy atom. The molecule has 0 bridgehead atoms. The number of fused-ring (bicyclic) bond motifs is 1. The number of rotatable bonds is 4. The van der Waals surface area contributed by atoms with Crippen molar-refractivity contribution >= 4 is 23.1 Å². The van der Waals surface area contributed by atoms with Gasteiger partial charge in [0.2, 0.25) is 0 Å². The Morgan fingerprint density at radius 3 is 2.48 bits per heavy atom. The number of aryl methyl sites for hydroxylation is 2. The van der Waals surface area contributed by atoms with E-state index in [1.165, 1.54) is 16.0 Å². The fraction of sp³-hybridized carbons (Fsp3) is 0.222. The van der Waals surface area contributed by atoms with Crippen molar-refractivity contribution in [1.82, 2.24) is 4.98 Å². The maximum absolute atomic E-state index is 13.2. The Hall–Kier alpha value is -3.93. The van der Waals surface area contributed by atoms with Crippen LogP contribution < -0.4 is 9.64 Å². The van der Waals surface area contributed by atoms with E-state index in [0.717, 1.165) is 25.7 Å². The third kappa shape index (κ3) is 3.67. The van der Waals surface area contributed by atoms with Gasteiger partial charge in [0.15, 0.2) is 0 Å². The van der Waals surface area contributed by atoms with Crippen molar-refractivity contribution in [3.05, 3.63) is 94.8 Å². The zero-order valence-electron chi connectivity index (χ0n) is 18.3. The van der Waals surface area contributed by atoms with Crippen molar-refractivity contribution in [3.63, 3.8) is 0 Å². The van der Waals surface area contributed by atoms with Crippen LogP contribution in [0.15, 0.2) is 72.6 Å². The molecule has 2 aromatic carbocycles. The number of ether oxygens (including phenoxy) is 1. The smallest absolute Gasteiger partial charge is 0.300 e. The summed E-state index contributed by atoms with van der Waals surface area (Å²) in [7, 11) is 1.56. The molecule has 6 nitrogen and oxygen atoms in total. The standard InChI is InChI=1S/C27H24N2O4/c1-33-22-12-10-21(11-13-22)29-24(20-7-4-14-28-16-20)23(26(31)27(29)32)25(30)19-9-8-17-5-2-3-6-18(17)15-19/h4,7-16,24,30H,2-3,5-6H2,1H3/b25-23-. The Bertz CT molecular complexity index is 1250. The number of aromatic nitrogens is 1. The van der Waals surface area contributed by atoms with Crippen LogP contribution in [0.3, 0.4) is 0 Å². The maximum atomic E-state index is 13.2. The predicted molar refractivity (Wildman–Crippen MR) is 125 cm³/mol. The molecule has 2 aliphatic rings. The summed E-state index contributed by atoms with van der Waals surface area (Å²) in [5.41, 5.74) is 4.27. The molecule has 1 saturated heterocycles. The topological polar surface area (TPSA) is 79.7 Å². The molecule has 0 saturated carbocycles. The van der Waals surface area contributed by atoms with E-state index in [1.807, 2.05) is 18.2 Å². The molecule has 5 rings (SSSR count). The molecule has 2 heterocycles. The molecule has 1 amide bonds. The van der Waals surface area contributed by atoms with Gasteiger partial charge in [-0.1, -0.05) is 18.2 Å². The van der Waals surface area contributed by atoms with Crippen molar-refractivity contribution < 1.29 is 19.4 Å². The van der Waals surface area contributed by atoms with Crippen LogP contribution in [0.1, 0.15) is 41.1 Å². The van der Waals surface area contributed by atoms with Gasteiger partial charge in [-0.15, -0.1) is 0 Å². The molecule has 3 aromatic rings. The van der Waals surface area contributed by atoms with Crippen LogP contribution in [0.5, 0.6) is 5.75 Å². The quantitative estimate of drug-likeness (QED) is 0.365. The molecular weight excluding hydrogens is 416 g/mol. The maximum Gasteiger partial charge on any atom is 0.300 e. The lowest BCUT2D eigenvalue weighted by molar-refractivity contribution is -0.132. The predicted octanol–water partition coefficient (Wildman–Crippen LogP) is 4.60. The van der Waals surface area contributed by atoms with Gasteiger partial charge >= 0.3 is 0 Å². The lowest BCUT2D eigenvalue weighted by Gasteiger charge is -2.25. The van der Waals surface area contributed by atoms with Gasteiger partial charge in [-0.2, -0.15) is 0 Å². The molecule has 33 heavy (non-hydrogen) atoms. The number of aliphatic hydroxyl groups is 1. The molecule has 0 spiro atoms. The van der Waals surface area contributed by atoms with Crippen LogP contribution >= 0.6 is 0 Å². The summed E-state index contributed by atoms with van der Waals surface area (Å²) in [5.74, 6) is -0.919. The van der Waals surface area contributed by atoms with Crippen molar-refractivity contribution in [2.45, 2.75) is 31.7 Å². The lowest BCUT2D eigenvalue weighted by Crippen LogP contribution is -2.29. The number of carbonyl (C=O) groups excluding carboxylic acids is 2. The minimum Gasteiger partial charge on any atom is -0.507 e. The van der Waals surface area contributed by atoms with E-state index in [0.29, 0.717) is 22.6 Å². The number of hydrogen-bond donors (Lipinski definition) is 1. The molecular formula is C27H24N2O4. The average molecular weight is 440 g/mol. The Morgan fingerprint density at radius 2 is 1.79 bits per heavy atom. The van der Waals surface area contributed by atoms with Gasteiger partial charge in [0, 0.05) is 23.6 Å². The molecule has 6 heteroatoms. The number of amides is 1. The van der Waals surface area contributed by atoms with E-state index in [4.69, 9.17) is 4.74 Å². The van der Waals surface area contributed by atoms with E-state index in [-0.39, 0.29) is 11.3 Å². The van der Waals surface area contributed by atoms with Crippen LogP contribution in [0.25, 0.3) is 5.76 Å². The number of ketones is 1. The average Bonchev–Trinajstić information content (AvgIpc) is 3.14. The normalized spacial score (nSPS) is 19.4. The zero-order valence-corrected chi connectivity index (χ0v) is 18.3. The minimum absolute atomic E-state index is 0.0691. The number of hydrogen-bond acceptors (Lipinski definition) is 5. The summed E-state index contributed by atoms with van der Waals surface area (Å²) in [6.07, 6.45) is 7.48. The number of pyridine rings is 1. The van der Waals surface area contributed by atoms with Crippen molar-refractivity contribution in [3.8, 4) is 5.75 Å². The molecule has 1 N–H and O–H groups in total. The van der Waals surface area contributed by atoms with Crippen LogP contribution in [0.2, 0.25) is 0 Å². The third-order valence-corrected chi connectivity index (χ3v) is 6.42. The second-order valence-corrected chi connectivity index (χ2v) is 8.34. The van der Waals surface area contributed by atoms with Crippen molar-refractivity contribution in [2.24, 2.45) is 0 Å². The highest BCUT2D eigenvalue weighted by atomic mass is 16.5. The summed E-state index contributed by atoms with van der Waals surface area (Å²) < 4.78 is 5.22. The number of carbonyl (C=O) groups is 2. The van der Waals surface area contributed by atoms with Crippen LogP contribution in [0.4, 0.5) is 5.69 Å². The summed E-state index contributed by atoms with van der Waals surface area (Å²) >= 11 is 0. The molecule has 1 aliphatic heterocycles. The Kier molecular flexibility index (Phi) is 5.42. The first kappa shape index (κ1) is 20.9. The second-order valence-electron chi connectivity index (χ2n) is 8.34. The van der Waals surface area contributed by atoms with Gasteiger partial charge in [0.1, 0.15) is 11.5 Å². The van der Waals surface area contributed by atoms with Crippen LogP contribution in [0, 0.1) is 0 Å². The third-order valence-electron chi connectivity index (χ3n) is 6.42. The number of aliphatic hydroxyl groups excluding tert-OH is 1. The van der Waals surface area contributed by atoms with Crippen molar-refractivity contribution in [1.29, 1.82) is 0 Å². The highest BCUT2D eigenvalue weighted by Crippen LogP contribution is 2.42. The van der Waals surface area contributed by atoms with Gasteiger partial charge < -0.3 is 9.84 Å². The summed E-state index contributed by atoms with van der Waals surface area (Å²) in [6.45, 7) is 0. The van der Waals surface area contributed by atoms with Gasteiger partial charge in [0.25, 0.3) is 11.7 Å². The van der Waals surface area contributed by atoms with Crippen LogP contribution in [-0.2, 0) is 22.4 Å². The van der Waals surface area contributed by atoms with E-state index in [2.05, 4.69) is 4.98 Å². The molecule has 1 fully saturated rings. The van der Waals surface area contributed by atoms with Gasteiger partial charge in [-0.05, 0) is 78.8 Å². The lowest BCUT2D eigenvalue weighted by atomic mass is 9.89. The first-order chi connectivity index (χ1) is 16.1. The molecule has 1 aromatic heterocycles. The van der Waals surface area contributed by atoms with E-state index < -0.39 is 17.7 Å². The van der Waals surface area contributed by atoms with Crippen molar-refractivity contribution in [2.75, 3.05) is 12.0 Å². The monoisotopic (exact) mass is 440 g/mol. The first-order valence-electron chi connectivity index (χ1n) is 11.1. The zero-order chi connectivity index (χ0) is 22.9. The fourth-order valence-electron chi connectivity index (χ4n) is 4.73. The second kappa shape index (κ2) is 8.54. The highest BCUT2D eigenvalue weighted by molar-refractivity contribution is 6.51. The number of benzene rings is 2. The molecule has 1 unspecified atom stereocenters. The first-order valence-corrected chi connectivity index (χ1v) is 11.1. The van der Waals surface area contributed by atoms with E-state index >= 15 is 0 Å². The SMILES string of the molecule is COc1ccc(N2C(=O)C(=O)/C(=C(\O)c3ccc4c(c3)CCCC4)C2c2cccnc2)cc1. The number of Topliss-reactive ketones (excluding diaryl/α,β-unsaturated/α-hetero) is 1. The summed E-state index contributed by atoms with van der Waals surface area (Å²) in [5, 5.41) is 11.3. The number of methoxy groups -OCH3 is 1. The highest BCUT2D eigenvalue weighted by Gasteiger charge is 2.47. The van der Waals surface area contributed by atoms with Crippen LogP contribution in [-0.4, -0.2) is 28.9 Å². The molecule has 166 valence electrons. The molecule has 1 atom stereocenters. The minimum atomic E-state index is -0.789. The molecule has 1 aliphatic carbocycles. The summed E-state index contributed by atoms with van der Waals surface area (Å²) in [4.78, 5) is 32.1. The van der Waals surface area contributed by atoms with E-state index in [9.17, 15) is 14.7 Å². The van der Waals surface area contributed by atoms with Gasteiger partial charge in [-0.3, -0.25) is 19.5 Å². The Balaban J connectivity index is 1.66. The molecule has 0 radical (unpaired) electrons. The number of nitrogens with zero attached hydrogens (tertiary/aromatic N) is 2. The number of anilines is 1.